The molecule has 0 fully saturated rings. The van der Waals surface area contributed by atoms with Gasteiger partial charge in [0, 0.05) is 11.8 Å². The normalized spacial score (nSPS) is 10.5. The van der Waals surface area contributed by atoms with Gasteiger partial charge in [0.2, 0.25) is 0 Å². The van der Waals surface area contributed by atoms with Crippen LogP contribution in [0.5, 0.6) is 11.5 Å². The molecule has 128 valence electrons. The third-order valence-electron chi connectivity index (χ3n) is 3.35. The third kappa shape index (κ3) is 5.30. The molecule has 0 aliphatic carbocycles. The minimum Gasteiger partial charge on any atom is -0.494 e. The number of para-hydroxylation sites is 1. The molecule has 0 saturated heterocycles. The molecular weight excluding hydrogens is 302 g/mol. The second-order valence-corrected chi connectivity index (χ2v) is 5.85. The van der Waals surface area contributed by atoms with Crippen molar-refractivity contribution in [2.75, 3.05) is 11.9 Å². The van der Waals surface area contributed by atoms with Crippen molar-refractivity contribution in [3.05, 3.63) is 54.1 Å². The minimum atomic E-state index is -0.197. The molecule has 1 amide bonds. The lowest BCUT2D eigenvalue weighted by Gasteiger charge is -2.14. The zero-order valence-corrected chi connectivity index (χ0v) is 14.5. The molecular formula is C20H25NO3. The highest BCUT2D eigenvalue weighted by Gasteiger charge is 2.13. The van der Waals surface area contributed by atoms with E-state index < -0.39 is 0 Å². The molecule has 2 aromatic rings. The van der Waals surface area contributed by atoms with Crippen LogP contribution in [0.3, 0.4) is 0 Å². The molecule has 0 atom stereocenters. The van der Waals surface area contributed by atoms with Crippen molar-refractivity contribution >= 4 is 11.6 Å². The van der Waals surface area contributed by atoms with E-state index in [0.29, 0.717) is 23.6 Å². The Morgan fingerprint density at radius 3 is 2.67 bits per heavy atom. The number of ether oxygens (including phenoxy) is 2. The average Bonchev–Trinajstić information content (AvgIpc) is 2.55. The highest BCUT2D eigenvalue weighted by atomic mass is 16.5. The molecule has 0 spiro atoms. The van der Waals surface area contributed by atoms with Gasteiger partial charge in [0.15, 0.2) is 0 Å². The smallest absolute Gasteiger partial charge is 0.259 e. The standard InChI is InChI=1S/C20H25NO3/c1-4-5-13-23-17-10-8-9-16(14-17)21-20(22)18-11-6-7-12-19(18)24-15(2)3/h6-12,14-15H,4-5,13H2,1-3H3,(H,21,22). The van der Waals surface area contributed by atoms with Crippen molar-refractivity contribution in [3.63, 3.8) is 0 Å². The van der Waals surface area contributed by atoms with Crippen LogP contribution in [0.4, 0.5) is 5.69 Å². The Labute approximate surface area is 143 Å². The van der Waals surface area contributed by atoms with E-state index in [2.05, 4.69) is 12.2 Å². The maximum atomic E-state index is 12.6. The number of carbonyl (C=O) groups excluding carboxylic acids is 1. The number of hydrogen-bond donors (Lipinski definition) is 1. The number of benzene rings is 2. The van der Waals surface area contributed by atoms with Crippen LogP contribution in [-0.4, -0.2) is 18.6 Å². The molecule has 0 aliphatic rings. The Balaban J connectivity index is 2.08. The molecule has 0 aliphatic heterocycles. The first-order chi connectivity index (χ1) is 11.6. The number of unbranched alkanes of at least 4 members (excludes halogenated alkanes) is 1. The van der Waals surface area contributed by atoms with Gasteiger partial charge in [-0.05, 0) is 44.5 Å². The van der Waals surface area contributed by atoms with Crippen LogP contribution in [-0.2, 0) is 0 Å². The monoisotopic (exact) mass is 327 g/mol. The number of anilines is 1. The minimum absolute atomic E-state index is 0.00856. The Kier molecular flexibility index (Phi) is 6.67. The van der Waals surface area contributed by atoms with E-state index in [0.717, 1.165) is 18.6 Å². The fourth-order valence-corrected chi connectivity index (χ4v) is 2.21. The van der Waals surface area contributed by atoms with Crippen molar-refractivity contribution < 1.29 is 14.3 Å². The van der Waals surface area contributed by atoms with Gasteiger partial charge in [0.1, 0.15) is 11.5 Å². The lowest BCUT2D eigenvalue weighted by molar-refractivity contribution is 0.102. The largest absolute Gasteiger partial charge is 0.494 e. The van der Waals surface area contributed by atoms with Gasteiger partial charge < -0.3 is 14.8 Å². The van der Waals surface area contributed by atoms with Gasteiger partial charge in [0.05, 0.1) is 18.3 Å². The third-order valence-corrected chi connectivity index (χ3v) is 3.35. The SMILES string of the molecule is CCCCOc1cccc(NC(=O)c2ccccc2OC(C)C)c1. The van der Waals surface area contributed by atoms with Gasteiger partial charge in [-0.3, -0.25) is 4.79 Å². The van der Waals surface area contributed by atoms with Crippen molar-refractivity contribution in [1.29, 1.82) is 0 Å². The summed E-state index contributed by atoms with van der Waals surface area (Å²) < 4.78 is 11.4. The van der Waals surface area contributed by atoms with Crippen LogP contribution in [0.25, 0.3) is 0 Å². The topological polar surface area (TPSA) is 47.6 Å². The second-order valence-electron chi connectivity index (χ2n) is 5.85. The predicted molar refractivity (Wildman–Crippen MR) is 97.0 cm³/mol. The molecule has 2 aromatic carbocycles. The van der Waals surface area contributed by atoms with Gasteiger partial charge in [-0.25, -0.2) is 0 Å². The van der Waals surface area contributed by atoms with E-state index in [1.54, 1.807) is 12.1 Å². The van der Waals surface area contributed by atoms with Crippen LogP contribution in [0, 0.1) is 0 Å². The van der Waals surface area contributed by atoms with Crippen LogP contribution in [0.1, 0.15) is 44.0 Å². The van der Waals surface area contributed by atoms with Crippen molar-refractivity contribution in [2.24, 2.45) is 0 Å². The average molecular weight is 327 g/mol. The zero-order valence-electron chi connectivity index (χ0n) is 14.5. The summed E-state index contributed by atoms with van der Waals surface area (Å²) in [7, 11) is 0. The first-order valence-corrected chi connectivity index (χ1v) is 8.40. The number of carbonyl (C=O) groups is 1. The quantitative estimate of drug-likeness (QED) is 0.701. The molecule has 0 radical (unpaired) electrons. The maximum Gasteiger partial charge on any atom is 0.259 e. The summed E-state index contributed by atoms with van der Waals surface area (Å²) in [5.41, 5.74) is 1.22. The van der Waals surface area contributed by atoms with Crippen LogP contribution < -0.4 is 14.8 Å². The molecule has 4 nitrogen and oxygen atoms in total. The molecule has 0 saturated carbocycles. The van der Waals surface area contributed by atoms with E-state index in [1.807, 2.05) is 50.2 Å². The van der Waals surface area contributed by atoms with E-state index in [-0.39, 0.29) is 12.0 Å². The van der Waals surface area contributed by atoms with Crippen molar-refractivity contribution in [2.45, 2.75) is 39.7 Å². The first kappa shape index (κ1) is 17.9. The number of rotatable bonds is 8. The van der Waals surface area contributed by atoms with Crippen LogP contribution in [0.15, 0.2) is 48.5 Å². The zero-order chi connectivity index (χ0) is 17.4. The van der Waals surface area contributed by atoms with Crippen LogP contribution in [0.2, 0.25) is 0 Å². The lowest BCUT2D eigenvalue weighted by Crippen LogP contribution is -2.15. The van der Waals surface area contributed by atoms with Crippen molar-refractivity contribution in [1.82, 2.24) is 0 Å². The Bertz CT molecular complexity index is 667. The Hall–Kier alpha value is -2.49. The maximum absolute atomic E-state index is 12.6. The molecule has 2 rings (SSSR count). The summed E-state index contributed by atoms with van der Waals surface area (Å²) in [5.74, 6) is 1.14. The molecule has 1 N–H and O–H groups in total. The summed E-state index contributed by atoms with van der Waals surface area (Å²) >= 11 is 0. The lowest BCUT2D eigenvalue weighted by atomic mass is 10.1. The number of nitrogens with one attached hydrogen (secondary N) is 1. The molecule has 0 aromatic heterocycles. The molecule has 0 unspecified atom stereocenters. The molecule has 4 heteroatoms. The van der Waals surface area contributed by atoms with Crippen LogP contribution >= 0.6 is 0 Å². The van der Waals surface area contributed by atoms with E-state index in [4.69, 9.17) is 9.47 Å². The Morgan fingerprint density at radius 1 is 1.12 bits per heavy atom. The fourth-order valence-electron chi connectivity index (χ4n) is 2.21. The predicted octanol–water partition coefficient (Wildman–Crippen LogP) is 4.91. The van der Waals surface area contributed by atoms with Crippen molar-refractivity contribution in [3.8, 4) is 11.5 Å². The van der Waals surface area contributed by atoms with E-state index in [9.17, 15) is 4.79 Å². The molecule has 24 heavy (non-hydrogen) atoms. The molecule has 0 heterocycles. The summed E-state index contributed by atoms with van der Waals surface area (Å²) in [5, 5.41) is 2.90. The highest BCUT2D eigenvalue weighted by molar-refractivity contribution is 6.06. The molecule has 0 bridgehead atoms. The summed E-state index contributed by atoms with van der Waals surface area (Å²) in [4.78, 5) is 12.6. The number of amides is 1. The van der Waals surface area contributed by atoms with Gasteiger partial charge in [-0.2, -0.15) is 0 Å². The number of hydrogen-bond acceptors (Lipinski definition) is 3. The summed E-state index contributed by atoms with van der Waals surface area (Å²) in [6, 6.07) is 14.7. The first-order valence-electron chi connectivity index (χ1n) is 8.40. The summed E-state index contributed by atoms with van der Waals surface area (Å²) in [6.45, 7) is 6.67. The summed E-state index contributed by atoms with van der Waals surface area (Å²) in [6.07, 6.45) is 2.11. The Morgan fingerprint density at radius 2 is 1.92 bits per heavy atom. The highest BCUT2D eigenvalue weighted by Crippen LogP contribution is 2.22. The van der Waals surface area contributed by atoms with Gasteiger partial charge >= 0.3 is 0 Å². The van der Waals surface area contributed by atoms with E-state index in [1.165, 1.54) is 0 Å². The fraction of sp³-hybridized carbons (Fsp3) is 0.350. The second kappa shape index (κ2) is 8.96. The van der Waals surface area contributed by atoms with Gasteiger partial charge in [-0.15, -0.1) is 0 Å². The van der Waals surface area contributed by atoms with Gasteiger partial charge in [0.25, 0.3) is 5.91 Å². The van der Waals surface area contributed by atoms with Gasteiger partial charge in [-0.1, -0.05) is 31.5 Å². The van der Waals surface area contributed by atoms with E-state index >= 15 is 0 Å².